The summed E-state index contributed by atoms with van der Waals surface area (Å²) in [6, 6.07) is 13.0. The lowest BCUT2D eigenvalue weighted by Gasteiger charge is -2.24. The van der Waals surface area contributed by atoms with Crippen molar-refractivity contribution in [3.8, 4) is 11.3 Å². The van der Waals surface area contributed by atoms with Gasteiger partial charge in [0.25, 0.3) is 5.91 Å². The highest BCUT2D eigenvalue weighted by molar-refractivity contribution is 6.30. The Morgan fingerprint density at radius 2 is 1.96 bits per heavy atom. The zero-order valence-electron chi connectivity index (χ0n) is 14.9. The van der Waals surface area contributed by atoms with E-state index in [1.165, 1.54) is 6.07 Å². The van der Waals surface area contributed by atoms with E-state index in [9.17, 15) is 14.3 Å². The molecule has 1 amide bonds. The number of hydrogen-bond acceptors (Lipinski definition) is 3. The number of carbonyl (C=O) groups excluding carboxylic acids is 1. The van der Waals surface area contributed by atoms with Crippen LogP contribution in [0, 0.1) is 12.7 Å². The van der Waals surface area contributed by atoms with Crippen molar-refractivity contribution in [2.45, 2.75) is 19.4 Å². The highest BCUT2D eigenvalue weighted by Gasteiger charge is 2.24. The molecule has 5 nitrogen and oxygen atoms in total. The van der Waals surface area contributed by atoms with Gasteiger partial charge in [-0.25, -0.2) is 4.39 Å². The molecule has 0 saturated heterocycles. The second kappa shape index (κ2) is 7.50. The van der Waals surface area contributed by atoms with E-state index in [0.717, 1.165) is 0 Å². The Kier molecular flexibility index (Phi) is 5.30. The van der Waals surface area contributed by atoms with Gasteiger partial charge < -0.3 is 10.4 Å². The normalized spacial score (nSPS) is 13.2. The molecule has 27 heavy (non-hydrogen) atoms. The molecule has 3 N–H and O–H groups in total. The van der Waals surface area contributed by atoms with E-state index in [1.807, 2.05) is 0 Å². The molecule has 3 rings (SSSR count). The quantitative estimate of drug-likeness (QED) is 0.622. The van der Waals surface area contributed by atoms with Crippen molar-refractivity contribution in [1.29, 1.82) is 0 Å². The molecule has 0 radical (unpaired) electrons. The van der Waals surface area contributed by atoms with Crippen molar-refractivity contribution >= 4 is 17.5 Å². The molecule has 2 aromatic carbocycles. The van der Waals surface area contributed by atoms with E-state index in [-0.39, 0.29) is 18.1 Å². The first-order valence-electron chi connectivity index (χ1n) is 8.35. The van der Waals surface area contributed by atoms with Crippen molar-refractivity contribution in [2.75, 3.05) is 6.54 Å². The third-order valence-corrected chi connectivity index (χ3v) is 4.59. The van der Waals surface area contributed by atoms with Gasteiger partial charge >= 0.3 is 0 Å². The summed E-state index contributed by atoms with van der Waals surface area (Å²) in [6.07, 6.45) is 0. The van der Waals surface area contributed by atoms with Crippen molar-refractivity contribution in [1.82, 2.24) is 15.5 Å². The first kappa shape index (κ1) is 19.1. The number of H-pyrrole nitrogens is 1. The molecule has 0 fully saturated rings. The summed E-state index contributed by atoms with van der Waals surface area (Å²) in [7, 11) is 0. The first-order valence-corrected chi connectivity index (χ1v) is 8.72. The van der Waals surface area contributed by atoms with Crippen molar-refractivity contribution < 1.29 is 14.3 Å². The number of aryl methyl sites for hydroxylation is 1. The first-order chi connectivity index (χ1) is 12.8. The number of hydrogen-bond donors (Lipinski definition) is 3. The number of aromatic nitrogens is 2. The van der Waals surface area contributed by atoms with Gasteiger partial charge in [-0.15, -0.1) is 0 Å². The zero-order chi connectivity index (χ0) is 19.6. The maximum atomic E-state index is 13.4. The van der Waals surface area contributed by atoms with Gasteiger partial charge in [0.15, 0.2) is 0 Å². The second-order valence-corrected chi connectivity index (χ2v) is 7.03. The average Bonchev–Trinajstić information content (AvgIpc) is 3.13. The van der Waals surface area contributed by atoms with E-state index in [2.05, 4.69) is 15.5 Å². The number of rotatable bonds is 5. The monoisotopic (exact) mass is 387 g/mol. The number of aliphatic hydroxyl groups is 1. The third kappa shape index (κ3) is 4.35. The maximum Gasteiger partial charge on any atom is 0.269 e. The Morgan fingerprint density at radius 1 is 1.26 bits per heavy atom. The molecule has 0 aliphatic heterocycles. The van der Waals surface area contributed by atoms with Crippen molar-refractivity contribution in [3.63, 3.8) is 0 Å². The summed E-state index contributed by atoms with van der Waals surface area (Å²) in [5.41, 5.74) is 1.38. The van der Waals surface area contributed by atoms with E-state index in [0.29, 0.717) is 27.4 Å². The Balaban J connectivity index is 1.69. The van der Waals surface area contributed by atoms with Gasteiger partial charge in [-0.2, -0.15) is 5.10 Å². The number of nitrogens with zero attached hydrogens (tertiary/aromatic N) is 1. The molecule has 140 valence electrons. The van der Waals surface area contributed by atoms with Crippen LogP contribution in [0.15, 0.2) is 48.5 Å². The van der Waals surface area contributed by atoms with Crippen LogP contribution in [0.3, 0.4) is 0 Å². The lowest BCUT2D eigenvalue weighted by atomic mass is 9.96. The number of carbonyl (C=O) groups is 1. The van der Waals surface area contributed by atoms with Crippen LogP contribution in [0.5, 0.6) is 0 Å². The van der Waals surface area contributed by atoms with Crippen LogP contribution >= 0.6 is 11.6 Å². The van der Waals surface area contributed by atoms with Crippen molar-refractivity contribution in [2.24, 2.45) is 0 Å². The molecule has 1 unspecified atom stereocenters. The van der Waals surface area contributed by atoms with Crippen LogP contribution in [0.25, 0.3) is 11.3 Å². The molecule has 0 aliphatic rings. The van der Waals surface area contributed by atoms with Crippen LogP contribution in [0.2, 0.25) is 5.02 Å². The van der Waals surface area contributed by atoms with Crippen LogP contribution in [-0.4, -0.2) is 27.8 Å². The minimum absolute atomic E-state index is 0.0114. The van der Waals surface area contributed by atoms with Gasteiger partial charge in [0.2, 0.25) is 0 Å². The third-order valence-electron chi connectivity index (χ3n) is 4.34. The summed E-state index contributed by atoms with van der Waals surface area (Å²) in [6.45, 7) is 3.28. The van der Waals surface area contributed by atoms with Crippen LogP contribution in [0.4, 0.5) is 4.39 Å². The van der Waals surface area contributed by atoms with E-state index in [1.54, 1.807) is 56.3 Å². The molecule has 0 spiro atoms. The van der Waals surface area contributed by atoms with Gasteiger partial charge in [0, 0.05) is 10.6 Å². The number of amides is 1. The van der Waals surface area contributed by atoms with Crippen LogP contribution in [-0.2, 0) is 5.60 Å². The van der Waals surface area contributed by atoms with E-state index >= 15 is 0 Å². The summed E-state index contributed by atoms with van der Waals surface area (Å²) < 4.78 is 13.4. The molecule has 0 saturated carbocycles. The highest BCUT2D eigenvalue weighted by Crippen LogP contribution is 2.23. The minimum Gasteiger partial charge on any atom is -0.384 e. The smallest absolute Gasteiger partial charge is 0.269 e. The number of benzene rings is 2. The van der Waals surface area contributed by atoms with Gasteiger partial charge in [0.1, 0.15) is 17.1 Å². The highest BCUT2D eigenvalue weighted by atomic mass is 35.5. The molecule has 1 aromatic heterocycles. The predicted octanol–water partition coefficient (Wildman–Crippen LogP) is 3.82. The minimum atomic E-state index is -1.25. The molecule has 0 bridgehead atoms. The molecule has 3 aromatic rings. The maximum absolute atomic E-state index is 13.4. The standard InChI is InChI=1S/C20H19ClFN3O2/c1-12-9-13(3-8-16(12)22)17-10-18(25-24-17)19(26)23-11-20(2,27)14-4-6-15(21)7-5-14/h3-10,27H,11H2,1-2H3,(H,23,26)(H,24,25). The van der Waals surface area contributed by atoms with Gasteiger partial charge in [0.05, 0.1) is 12.2 Å². The van der Waals surface area contributed by atoms with Gasteiger partial charge in [-0.05, 0) is 61.4 Å². The lowest BCUT2D eigenvalue weighted by molar-refractivity contribution is 0.0525. The summed E-state index contributed by atoms with van der Waals surface area (Å²) in [4.78, 5) is 12.4. The predicted molar refractivity (Wildman–Crippen MR) is 102 cm³/mol. The summed E-state index contributed by atoms with van der Waals surface area (Å²) in [5.74, 6) is -0.696. The number of aromatic amines is 1. The number of halogens is 2. The summed E-state index contributed by atoms with van der Waals surface area (Å²) in [5, 5.41) is 20.6. The van der Waals surface area contributed by atoms with E-state index in [4.69, 9.17) is 11.6 Å². The Bertz CT molecular complexity index is 968. The van der Waals surface area contributed by atoms with Crippen molar-refractivity contribution in [3.05, 3.63) is 76.2 Å². The molecular weight excluding hydrogens is 369 g/mol. The molecule has 1 atom stereocenters. The molecule has 7 heteroatoms. The number of nitrogens with one attached hydrogen (secondary N) is 2. The summed E-state index contributed by atoms with van der Waals surface area (Å²) >= 11 is 5.86. The topological polar surface area (TPSA) is 78.0 Å². The average molecular weight is 388 g/mol. The van der Waals surface area contributed by atoms with Gasteiger partial charge in [-0.1, -0.05) is 23.7 Å². The fraction of sp³-hybridized carbons (Fsp3) is 0.200. The largest absolute Gasteiger partial charge is 0.384 e. The molecular formula is C20H19ClFN3O2. The Labute approximate surface area is 161 Å². The van der Waals surface area contributed by atoms with Crippen LogP contribution < -0.4 is 5.32 Å². The lowest BCUT2D eigenvalue weighted by Crippen LogP contribution is -2.38. The van der Waals surface area contributed by atoms with Crippen LogP contribution in [0.1, 0.15) is 28.5 Å². The zero-order valence-corrected chi connectivity index (χ0v) is 15.6. The molecule has 0 aliphatic carbocycles. The van der Waals surface area contributed by atoms with E-state index < -0.39 is 11.5 Å². The second-order valence-electron chi connectivity index (χ2n) is 6.59. The fourth-order valence-corrected chi connectivity index (χ4v) is 2.77. The molecule has 1 heterocycles. The fourth-order valence-electron chi connectivity index (χ4n) is 2.65. The Hall–Kier alpha value is -2.70. The van der Waals surface area contributed by atoms with Gasteiger partial charge in [-0.3, -0.25) is 9.89 Å². The SMILES string of the molecule is Cc1cc(-c2cc(C(=O)NCC(C)(O)c3ccc(Cl)cc3)[nH]n2)ccc1F. The Morgan fingerprint density at radius 3 is 2.63 bits per heavy atom.